The van der Waals surface area contributed by atoms with Gasteiger partial charge in [0.25, 0.3) is 5.91 Å². The Balaban J connectivity index is 2.23. The van der Waals surface area contributed by atoms with Crippen molar-refractivity contribution in [3.63, 3.8) is 0 Å². The van der Waals surface area contributed by atoms with E-state index >= 15 is 0 Å². The van der Waals surface area contributed by atoms with Crippen molar-refractivity contribution in [3.8, 4) is 11.5 Å². The van der Waals surface area contributed by atoms with E-state index in [1.54, 1.807) is 6.07 Å². The lowest BCUT2D eigenvalue weighted by Crippen LogP contribution is -2.13. The summed E-state index contributed by atoms with van der Waals surface area (Å²) in [6.07, 6.45) is 2.80. The number of anilines is 1. The SMILES string of the molecule is COc1ccc(C(=O)Nc2nccnc2Cl)c(O)c1. The van der Waals surface area contributed by atoms with Gasteiger partial charge in [0.05, 0.1) is 12.7 Å². The number of nitrogens with one attached hydrogen (secondary N) is 1. The summed E-state index contributed by atoms with van der Waals surface area (Å²) in [6.45, 7) is 0. The van der Waals surface area contributed by atoms with Crippen LogP contribution in [0.1, 0.15) is 10.4 Å². The van der Waals surface area contributed by atoms with Crippen molar-refractivity contribution in [2.75, 3.05) is 12.4 Å². The minimum atomic E-state index is -0.539. The zero-order valence-electron chi connectivity index (χ0n) is 9.92. The third-order valence-electron chi connectivity index (χ3n) is 2.34. The molecule has 0 aliphatic heterocycles. The van der Waals surface area contributed by atoms with Gasteiger partial charge in [0, 0.05) is 18.5 Å². The molecule has 1 heterocycles. The number of aromatic hydroxyl groups is 1. The molecular formula is C12H10ClN3O3. The maximum Gasteiger partial charge on any atom is 0.260 e. The first-order chi connectivity index (χ1) is 9.11. The highest BCUT2D eigenvalue weighted by Crippen LogP contribution is 2.24. The Morgan fingerprint density at radius 2 is 2.11 bits per heavy atom. The van der Waals surface area contributed by atoms with Gasteiger partial charge in [0.2, 0.25) is 0 Å². The van der Waals surface area contributed by atoms with Crippen molar-refractivity contribution in [2.45, 2.75) is 0 Å². The van der Waals surface area contributed by atoms with Crippen LogP contribution in [0.5, 0.6) is 11.5 Å². The molecule has 2 rings (SSSR count). The quantitative estimate of drug-likeness (QED) is 0.899. The number of carbonyl (C=O) groups excluding carboxylic acids is 1. The highest BCUT2D eigenvalue weighted by atomic mass is 35.5. The van der Waals surface area contributed by atoms with Crippen LogP contribution in [0.15, 0.2) is 30.6 Å². The summed E-state index contributed by atoms with van der Waals surface area (Å²) in [6, 6.07) is 4.34. The molecule has 0 aliphatic carbocycles. The van der Waals surface area contributed by atoms with E-state index in [2.05, 4.69) is 15.3 Å². The molecule has 0 radical (unpaired) electrons. The van der Waals surface area contributed by atoms with Crippen LogP contribution >= 0.6 is 11.6 Å². The van der Waals surface area contributed by atoms with Crippen molar-refractivity contribution in [1.29, 1.82) is 0 Å². The molecule has 7 heteroatoms. The summed E-state index contributed by atoms with van der Waals surface area (Å²) >= 11 is 5.77. The third-order valence-corrected chi connectivity index (χ3v) is 2.61. The molecule has 0 saturated heterocycles. The van der Waals surface area contributed by atoms with Crippen LogP contribution in [0.4, 0.5) is 5.82 Å². The first-order valence-corrected chi connectivity index (χ1v) is 5.64. The Morgan fingerprint density at radius 1 is 1.37 bits per heavy atom. The molecule has 6 nitrogen and oxygen atoms in total. The summed E-state index contributed by atoms with van der Waals surface area (Å²) in [5.74, 6) is -0.157. The largest absolute Gasteiger partial charge is 0.507 e. The van der Waals surface area contributed by atoms with Crippen molar-refractivity contribution < 1.29 is 14.6 Å². The molecule has 1 amide bonds. The number of aromatic nitrogens is 2. The van der Waals surface area contributed by atoms with Crippen LogP contribution in [-0.2, 0) is 0 Å². The lowest BCUT2D eigenvalue weighted by molar-refractivity contribution is 0.102. The van der Waals surface area contributed by atoms with Crippen molar-refractivity contribution in [1.82, 2.24) is 9.97 Å². The van der Waals surface area contributed by atoms with Crippen molar-refractivity contribution in [2.24, 2.45) is 0 Å². The summed E-state index contributed by atoms with van der Waals surface area (Å²) in [4.78, 5) is 19.6. The van der Waals surface area contributed by atoms with Gasteiger partial charge in [-0.25, -0.2) is 9.97 Å². The molecule has 98 valence electrons. The molecule has 2 aromatic rings. The maximum absolute atomic E-state index is 11.9. The summed E-state index contributed by atoms with van der Waals surface area (Å²) in [5, 5.41) is 12.3. The Morgan fingerprint density at radius 3 is 2.74 bits per heavy atom. The lowest BCUT2D eigenvalue weighted by atomic mass is 10.2. The average molecular weight is 280 g/mol. The predicted octanol–water partition coefficient (Wildman–Crippen LogP) is 2.10. The zero-order chi connectivity index (χ0) is 13.8. The normalized spacial score (nSPS) is 10.0. The van der Waals surface area contributed by atoms with Gasteiger partial charge in [0.1, 0.15) is 11.5 Å². The Labute approximate surface area is 114 Å². The number of halogens is 1. The van der Waals surface area contributed by atoms with E-state index < -0.39 is 5.91 Å². The molecule has 0 bridgehead atoms. The second-order valence-corrected chi connectivity index (χ2v) is 3.89. The number of carbonyl (C=O) groups is 1. The average Bonchev–Trinajstić information content (AvgIpc) is 2.41. The minimum Gasteiger partial charge on any atom is -0.507 e. The molecule has 0 atom stereocenters. The van der Waals surface area contributed by atoms with E-state index in [4.69, 9.17) is 16.3 Å². The van der Waals surface area contributed by atoms with Gasteiger partial charge in [-0.1, -0.05) is 11.6 Å². The van der Waals surface area contributed by atoms with E-state index in [9.17, 15) is 9.90 Å². The molecule has 0 fully saturated rings. The highest BCUT2D eigenvalue weighted by molar-refractivity contribution is 6.32. The Bertz CT molecular complexity index is 619. The fraction of sp³-hybridized carbons (Fsp3) is 0.0833. The molecule has 1 aromatic carbocycles. The number of rotatable bonds is 3. The second-order valence-electron chi connectivity index (χ2n) is 3.53. The van der Waals surface area contributed by atoms with E-state index in [0.29, 0.717) is 5.75 Å². The van der Waals surface area contributed by atoms with Crippen LogP contribution in [0.3, 0.4) is 0 Å². The first-order valence-electron chi connectivity index (χ1n) is 5.26. The van der Waals surface area contributed by atoms with Gasteiger partial charge in [-0.05, 0) is 12.1 Å². The van der Waals surface area contributed by atoms with Crippen LogP contribution in [0.2, 0.25) is 5.15 Å². The van der Waals surface area contributed by atoms with Gasteiger partial charge < -0.3 is 15.2 Å². The number of hydrogen-bond donors (Lipinski definition) is 2. The third kappa shape index (κ3) is 2.92. The van der Waals surface area contributed by atoms with Crippen molar-refractivity contribution >= 4 is 23.3 Å². The van der Waals surface area contributed by atoms with Gasteiger partial charge in [-0.3, -0.25) is 4.79 Å². The molecule has 0 spiro atoms. The fourth-order valence-corrected chi connectivity index (χ4v) is 1.56. The molecule has 19 heavy (non-hydrogen) atoms. The van der Waals surface area contributed by atoms with Gasteiger partial charge in [-0.15, -0.1) is 0 Å². The summed E-state index contributed by atoms with van der Waals surface area (Å²) in [5.41, 5.74) is 0.0857. The number of ether oxygens (including phenoxy) is 1. The number of phenols is 1. The van der Waals surface area contributed by atoms with Crippen LogP contribution in [-0.4, -0.2) is 28.1 Å². The second kappa shape index (κ2) is 5.53. The van der Waals surface area contributed by atoms with Gasteiger partial charge >= 0.3 is 0 Å². The number of phenolic OH excluding ortho intramolecular Hbond substituents is 1. The first kappa shape index (κ1) is 13.1. The topological polar surface area (TPSA) is 84.3 Å². The standard InChI is InChI=1S/C12H10ClN3O3/c1-19-7-2-3-8(9(17)6-7)12(18)16-11-10(13)14-4-5-15-11/h2-6,17H,1H3,(H,15,16,18). The molecular weight excluding hydrogens is 270 g/mol. The predicted molar refractivity (Wildman–Crippen MR) is 69.7 cm³/mol. The molecule has 0 saturated carbocycles. The summed E-state index contributed by atoms with van der Waals surface area (Å²) < 4.78 is 4.93. The Hall–Kier alpha value is -2.34. The minimum absolute atomic E-state index is 0.0730. The molecule has 0 unspecified atom stereocenters. The molecule has 0 aliphatic rings. The van der Waals surface area contributed by atoms with E-state index in [-0.39, 0.29) is 22.3 Å². The Kier molecular flexibility index (Phi) is 3.82. The number of amides is 1. The summed E-state index contributed by atoms with van der Waals surface area (Å²) in [7, 11) is 1.47. The van der Waals surface area contributed by atoms with Crippen molar-refractivity contribution in [3.05, 3.63) is 41.3 Å². The van der Waals surface area contributed by atoms with E-state index in [1.165, 1.54) is 31.6 Å². The number of methoxy groups -OCH3 is 1. The van der Waals surface area contributed by atoms with Crippen LogP contribution in [0.25, 0.3) is 0 Å². The van der Waals surface area contributed by atoms with Gasteiger partial charge in [0.15, 0.2) is 11.0 Å². The lowest BCUT2D eigenvalue weighted by Gasteiger charge is -2.08. The molecule has 1 aromatic heterocycles. The van der Waals surface area contributed by atoms with Gasteiger partial charge in [-0.2, -0.15) is 0 Å². The van der Waals surface area contributed by atoms with Crippen LogP contribution < -0.4 is 10.1 Å². The number of benzene rings is 1. The highest BCUT2D eigenvalue weighted by Gasteiger charge is 2.14. The van der Waals surface area contributed by atoms with E-state index in [1.807, 2.05) is 0 Å². The van der Waals surface area contributed by atoms with E-state index in [0.717, 1.165) is 0 Å². The maximum atomic E-state index is 11.9. The smallest absolute Gasteiger partial charge is 0.260 e. The fourth-order valence-electron chi connectivity index (χ4n) is 1.41. The van der Waals surface area contributed by atoms with Crippen LogP contribution in [0, 0.1) is 0 Å². The monoisotopic (exact) mass is 279 g/mol. The molecule has 2 N–H and O–H groups in total. The number of hydrogen-bond acceptors (Lipinski definition) is 5. The number of nitrogens with zero attached hydrogens (tertiary/aromatic N) is 2. The zero-order valence-corrected chi connectivity index (χ0v) is 10.7.